The van der Waals surface area contributed by atoms with Crippen molar-refractivity contribution in [3.05, 3.63) is 30.3 Å². The van der Waals surface area contributed by atoms with Crippen LogP contribution in [-0.4, -0.2) is 60.8 Å². The predicted octanol–water partition coefficient (Wildman–Crippen LogP) is 3.42. The van der Waals surface area contributed by atoms with Crippen LogP contribution in [0.3, 0.4) is 0 Å². The second kappa shape index (κ2) is 8.28. The van der Waals surface area contributed by atoms with E-state index >= 15 is 0 Å². The molecule has 1 N–H and O–H groups in total. The highest BCUT2D eigenvalue weighted by Gasteiger charge is 2.41. The molecule has 31 heavy (non-hydrogen) atoms. The first-order chi connectivity index (χ1) is 15.3. The average molecular weight is 423 g/mol. The van der Waals surface area contributed by atoms with Gasteiger partial charge in [0.2, 0.25) is 6.79 Å². The van der Waals surface area contributed by atoms with Gasteiger partial charge in [-0.3, -0.25) is 0 Å². The fourth-order valence-electron chi connectivity index (χ4n) is 5.79. The molecule has 164 valence electrons. The Morgan fingerprint density at radius 3 is 2.52 bits per heavy atom. The van der Waals surface area contributed by atoms with Crippen LogP contribution < -0.4 is 14.8 Å². The Morgan fingerprint density at radius 2 is 1.74 bits per heavy atom. The van der Waals surface area contributed by atoms with E-state index in [4.69, 9.17) is 14.2 Å². The number of anilines is 1. The molecule has 0 spiro atoms. The molecule has 4 heterocycles. The summed E-state index contributed by atoms with van der Waals surface area (Å²) in [4.78, 5) is 2.71. The average Bonchev–Trinajstić information content (AvgIpc) is 3.49. The highest BCUT2D eigenvalue weighted by Crippen LogP contribution is 2.40. The van der Waals surface area contributed by atoms with Gasteiger partial charge in [-0.2, -0.15) is 0 Å². The van der Waals surface area contributed by atoms with Crippen LogP contribution in [0, 0.1) is 17.8 Å². The zero-order chi connectivity index (χ0) is 20.6. The Labute approximate surface area is 183 Å². The van der Waals surface area contributed by atoms with Crippen molar-refractivity contribution in [2.45, 2.75) is 31.7 Å². The van der Waals surface area contributed by atoms with Crippen molar-refractivity contribution in [1.82, 2.24) is 15.1 Å². The Bertz CT molecular complexity index is 902. The summed E-state index contributed by atoms with van der Waals surface area (Å²) in [5.41, 5.74) is 1.83. The Hall–Kier alpha value is -2.38. The molecular weight excluding hydrogens is 392 g/mol. The van der Waals surface area contributed by atoms with Gasteiger partial charge in [-0.25, -0.2) is 0 Å². The second-order valence-corrected chi connectivity index (χ2v) is 9.48. The van der Waals surface area contributed by atoms with Crippen molar-refractivity contribution in [2.24, 2.45) is 17.8 Å². The lowest BCUT2D eigenvalue weighted by atomic mass is 10.00. The van der Waals surface area contributed by atoms with Gasteiger partial charge < -0.3 is 24.4 Å². The van der Waals surface area contributed by atoms with Gasteiger partial charge in [0, 0.05) is 44.5 Å². The standard InChI is InChI=1S/C24H30N4O3/c1-3-22-23(31-15-30-22)11-17(1)21-2-4-24(27-26-21)25-20-9-18-13-28(14-19(18)10-20)12-16-5-7-29-8-6-16/h1-4,11,16,18-20H,5-10,12-15H2,(H,25,27)/t18-,19+,20?. The number of nitrogens with one attached hydrogen (secondary N) is 1. The summed E-state index contributed by atoms with van der Waals surface area (Å²) in [6.45, 7) is 5.97. The third-order valence-corrected chi connectivity index (χ3v) is 7.37. The van der Waals surface area contributed by atoms with Crippen molar-refractivity contribution in [3.63, 3.8) is 0 Å². The monoisotopic (exact) mass is 422 g/mol. The van der Waals surface area contributed by atoms with E-state index in [9.17, 15) is 0 Å². The lowest BCUT2D eigenvalue weighted by molar-refractivity contribution is 0.0545. The van der Waals surface area contributed by atoms with Gasteiger partial charge in [-0.1, -0.05) is 0 Å². The fourth-order valence-corrected chi connectivity index (χ4v) is 5.79. The molecule has 4 aliphatic rings. The minimum atomic E-state index is 0.282. The predicted molar refractivity (Wildman–Crippen MR) is 117 cm³/mol. The highest BCUT2D eigenvalue weighted by atomic mass is 16.7. The molecule has 1 aromatic carbocycles. The molecule has 0 bridgehead atoms. The molecule has 2 aromatic rings. The molecule has 1 aliphatic carbocycles. The molecule has 1 aromatic heterocycles. The summed E-state index contributed by atoms with van der Waals surface area (Å²) < 4.78 is 16.4. The molecule has 1 unspecified atom stereocenters. The zero-order valence-electron chi connectivity index (χ0n) is 17.8. The quantitative estimate of drug-likeness (QED) is 0.792. The maximum Gasteiger partial charge on any atom is 0.231 e. The number of hydrogen-bond donors (Lipinski definition) is 1. The number of rotatable bonds is 5. The third kappa shape index (κ3) is 4.08. The number of likely N-dealkylation sites (tertiary alicyclic amines) is 1. The van der Waals surface area contributed by atoms with Crippen LogP contribution in [0.25, 0.3) is 11.3 Å². The summed E-state index contributed by atoms with van der Waals surface area (Å²) in [6, 6.07) is 10.5. The van der Waals surface area contributed by atoms with Crippen LogP contribution in [0.5, 0.6) is 11.5 Å². The van der Waals surface area contributed by atoms with Crippen LogP contribution in [0.2, 0.25) is 0 Å². The molecule has 6 rings (SSSR count). The Balaban J connectivity index is 1.02. The summed E-state index contributed by atoms with van der Waals surface area (Å²) in [7, 11) is 0. The smallest absolute Gasteiger partial charge is 0.231 e. The third-order valence-electron chi connectivity index (χ3n) is 7.37. The van der Waals surface area contributed by atoms with E-state index in [2.05, 4.69) is 20.4 Å². The number of hydrogen-bond acceptors (Lipinski definition) is 7. The van der Waals surface area contributed by atoms with E-state index in [1.54, 1.807) is 0 Å². The van der Waals surface area contributed by atoms with E-state index < -0.39 is 0 Å². The molecule has 2 saturated heterocycles. The SMILES string of the molecule is c1cc2c(cc1-c1ccc(NC3C[C@@H]4CN(CC5CCOCC5)C[C@@H]4C3)nn1)OCO2. The van der Waals surface area contributed by atoms with E-state index in [1.807, 2.05) is 30.3 Å². The van der Waals surface area contributed by atoms with Crippen molar-refractivity contribution in [2.75, 3.05) is 45.0 Å². The van der Waals surface area contributed by atoms with Crippen molar-refractivity contribution >= 4 is 5.82 Å². The molecule has 3 atom stereocenters. The topological polar surface area (TPSA) is 68.7 Å². The van der Waals surface area contributed by atoms with Crippen LogP contribution in [-0.2, 0) is 4.74 Å². The molecule has 0 amide bonds. The molecule has 7 nitrogen and oxygen atoms in total. The largest absolute Gasteiger partial charge is 0.454 e. The Morgan fingerprint density at radius 1 is 0.935 bits per heavy atom. The van der Waals surface area contributed by atoms with Gasteiger partial charge in [0.15, 0.2) is 11.5 Å². The first-order valence-electron chi connectivity index (χ1n) is 11.6. The molecule has 3 fully saturated rings. The fraction of sp³-hybridized carbons (Fsp3) is 0.583. The molecule has 0 radical (unpaired) electrons. The molecule has 3 aliphatic heterocycles. The lowest BCUT2D eigenvalue weighted by Crippen LogP contribution is -2.32. The number of ether oxygens (including phenoxy) is 3. The van der Waals surface area contributed by atoms with E-state index in [1.165, 1.54) is 45.3 Å². The summed E-state index contributed by atoms with van der Waals surface area (Å²) >= 11 is 0. The summed E-state index contributed by atoms with van der Waals surface area (Å²) in [5, 5.41) is 12.5. The van der Waals surface area contributed by atoms with Gasteiger partial charge >= 0.3 is 0 Å². The molecule has 1 saturated carbocycles. The minimum Gasteiger partial charge on any atom is -0.454 e. The van der Waals surface area contributed by atoms with Crippen LogP contribution in [0.15, 0.2) is 30.3 Å². The van der Waals surface area contributed by atoms with Crippen molar-refractivity contribution in [1.29, 1.82) is 0 Å². The maximum absolute atomic E-state index is 5.51. The summed E-state index contributed by atoms with van der Waals surface area (Å²) in [6.07, 6.45) is 4.94. The van der Waals surface area contributed by atoms with Crippen molar-refractivity contribution in [3.8, 4) is 22.8 Å². The first-order valence-corrected chi connectivity index (χ1v) is 11.6. The van der Waals surface area contributed by atoms with Gasteiger partial charge in [-0.05, 0) is 73.8 Å². The maximum atomic E-state index is 5.51. The molecular formula is C24H30N4O3. The zero-order valence-corrected chi connectivity index (χ0v) is 17.8. The minimum absolute atomic E-state index is 0.282. The van der Waals surface area contributed by atoms with Gasteiger partial charge in [0.05, 0.1) is 5.69 Å². The molecule has 7 heteroatoms. The number of benzene rings is 1. The van der Waals surface area contributed by atoms with Gasteiger partial charge in [-0.15, -0.1) is 10.2 Å². The van der Waals surface area contributed by atoms with Gasteiger partial charge in [0.25, 0.3) is 0 Å². The Kier molecular flexibility index (Phi) is 5.16. The summed E-state index contributed by atoms with van der Waals surface area (Å²) in [5.74, 6) is 4.89. The van der Waals surface area contributed by atoms with E-state index in [0.717, 1.165) is 59.5 Å². The van der Waals surface area contributed by atoms with E-state index in [0.29, 0.717) is 6.04 Å². The first kappa shape index (κ1) is 19.3. The van der Waals surface area contributed by atoms with Crippen molar-refractivity contribution < 1.29 is 14.2 Å². The lowest BCUT2D eigenvalue weighted by Gasteiger charge is -2.27. The number of aromatic nitrogens is 2. The van der Waals surface area contributed by atoms with Crippen LogP contribution in [0.4, 0.5) is 5.82 Å². The van der Waals surface area contributed by atoms with Crippen LogP contribution >= 0.6 is 0 Å². The normalized spacial score (nSPS) is 28.1. The van der Waals surface area contributed by atoms with E-state index in [-0.39, 0.29) is 6.79 Å². The van der Waals surface area contributed by atoms with Crippen LogP contribution in [0.1, 0.15) is 25.7 Å². The number of fused-ring (bicyclic) bond motifs is 2. The highest BCUT2D eigenvalue weighted by molar-refractivity contribution is 5.64. The van der Waals surface area contributed by atoms with Gasteiger partial charge in [0.1, 0.15) is 5.82 Å². The number of nitrogens with zero attached hydrogens (tertiary/aromatic N) is 3. The second-order valence-electron chi connectivity index (χ2n) is 9.48.